The van der Waals surface area contributed by atoms with Crippen molar-refractivity contribution in [3.05, 3.63) is 45.8 Å². The third-order valence-corrected chi connectivity index (χ3v) is 3.92. The van der Waals surface area contributed by atoms with Crippen LogP contribution in [-0.2, 0) is 13.1 Å². The molecule has 0 bridgehead atoms. The maximum absolute atomic E-state index is 11.9. The summed E-state index contributed by atoms with van der Waals surface area (Å²) >= 11 is 1.41. The molecule has 0 radical (unpaired) electrons. The van der Waals surface area contributed by atoms with Crippen LogP contribution in [0.25, 0.3) is 10.2 Å². The average molecular weight is 289 g/mol. The minimum atomic E-state index is -0.0756. The van der Waals surface area contributed by atoms with Gasteiger partial charge in [0.2, 0.25) is 0 Å². The van der Waals surface area contributed by atoms with Gasteiger partial charge in [-0.25, -0.2) is 9.97 Å². The fourth-order valence-electron chi connectivity index (χ4n) is 2.05. The van der Waals surface area contributed by atoms with Gasteiger partial charge in [-0.3, -0.25) is 4.79 Å². The van der Waals surface area contributed by atoms with E-state index >= 15 is 0 Å². The lowest BCUT2D eigenvalue weighted by molar-refractivity contribution is 0.628. The van der Waals surface area contributed by atoms with Crippen molar-refractivity contribution in [2.75, 3.05) is 6.54 Å². The van der Waals surface area contributed by atoms with E-state index in [0.29, 0.717) is 23.6 Å². The summed E-state index contributed by atoms with van der Waals surface area (Å²) in [6, 6.07) is 1.87. The smallest absolute Gasteiger partial charge is 0.268 e. The minimum Gasteiger partial charge on any atom is -0.326 e. The molecule has 0 unspecified atom stereocenters. The number of hydrogen-bond acceptors (Lipinski definition) is 5. The molecule has 0 saturated heterocycles. The van der Waals surface area contributed by atoms with Crippen molar-refractivity contribution in [1.29, 1.82) is 0 Å². The Balaban J connectivity index is 1.89. The van der Waals surface area contributed by atoms with Crippen molar-refractivity contribution < 1.29 is 0 Å². The zero-order valence-electron chi connectivity index (χ0n) is 11.1. The number of rotatable bonds is 5. The topological polar surface area (TPSA) is 75.6 Å². The SMILES string of the molecule is CCNCc1nccn1Cc1nc2ccsc2c(=O)[nH]1. The molecule has 3 heterocycles. The first kappa shape index (κ1) is 13.0. The van der Waals surface area contributed by atoms with E-state index in [1.807, 2.05) is 22.2 Å². The van der Waals surface area contributed by atoms with Crippen molar-refractivity contribution in [2.24, 2.45) is 0 Å². The number of aromatic amines is 1. The molecule has 7 heteroatoms. The van der Waals surface area contributed by atoms with Gasteiger partial charge in [0.15, 0.2) is 0 Å². The van der Waals surface area contributed by atoms with Crippen molar-refractivity contribution in [3.63, 3.8) is 0 Å². The van der Waals surface area contributed by atoms with Crippen LogP contribution < -0.4 is 10.9 Å². The van der Waals surface area contributed by atoms with Crippen LogP contribution in [0.2, 0.25) is 0 Å². The molecular formula is C13H15N5OS. The van der Waals surface area contributed by atoms with Gasteiger partial charge in [0.1, 0.15) is 16.3 Å². The number of aromatic nitrogens is 4. The fourth-order valence-corrected chi connectivity index (χ4v) is 2.77. The average Bonchev–Trinajstić information content (AvgIpc) is 3.05. The highest BCUT2D eigenvalue weighted by Gasteiger charge is 2.08. The van der Waals surface area contributed by atoms with Crippen molar-refractivity contribution in [3.8, 4) is 0 Å². The highest BCUT2D eigenvalue weighted by atomic mass is 32.1. The van der Waals surface area contributed by atoms with Crippen molar-refractivity contribution >= 4 is 21.6 Å². The Morgan fingerprint density at radius 2 is 2.40 bits per heavy atom. The number of thiophene rings is 1. The van der Waals surface area contributed by atoms with Crippen LogP contribution in [0.3, 0.4) is 0 Å². The Morgan fingerprint density at radius 3 is 3.25 bits per heavy atom. The lowest BCUT2D eigenvalue weighted by Crippen LogP contribution is -2.18. The second-order valence-corrected chi connectivity index (χ2v) is 5.32. The summed E-state index contributed by atoms with van der Waals surface area (Å²) in [5.41, 5.74) is 0.676. The summed E-state index contributed by atoms with van der Waals surface area (Å²) in [5, 5.41) is 5.12. The maximum atomic E-state index is 11.9. The summed E-state index contributed by atoms with van der Waals surface area (Å²) < 4.78 is 2.66. The fraction of sp³-hybridized carbons (Fsp3) is 0.308. The van der Waals surface area contributed by atoms with Crippen molar-refractivity contribution in [2.45, 2.75) is 20.0 Å². The van der Waals surface area contributed by atoms with Crippen LogP contribution in [-0.4, -0.2) is 26.1 Å². The van der Waals surface area contributed by atoms with Crippen LogP contribution in [0.15, 0.2) is 28.6 Å². The lowest BCUT2D eigenvalue weighted by atomic mass is 10.4. The number of nitrogens with zero attached hydrogens (tertiary/aromatic N) is 3. The lowest BCUT2D eigenvalue weighted by Gasteiger charge is -2.07. The van der Waals surface area contributed by atoms with Crippen LogP contribution >= 0.6 is 11.3 Å². The van der Waals surface area contributed by atoms with Crippen LogP contribution in [0.4, 0.5) is 0 Å². The number of hydrogen-bond donors (Lipinski definition) is 2. The standard InChI is InChI=1S/C13H15N5OS/c1-2-14-7-11-15-4-5-18(11)8-10-16-9-3-6-20-12(9)13(19)17-10/h3-6,14H,2,7-8H2,1H3,(H,16,17,19). The molecule has 0 amide bonds. The molecule has 0 aliphatic heterocycles. The molecule has 20 heavy (non-hydrogen) atoms. The van der Waals surface area contributed by atoms with Crippen molar-refractivity contribution in [1.82, 2.24) is 24.8 Å². The summed E-state index contributed by atoms with van der Waals surface area (Å²) in [6.07, 6.45) is 3.65. The van der Waals surface area contributed by atoms with E-state index in [1.54, 1.807) is 6.20 Å². The Hall–Kier alpha value is -1.99. The van der Waals surface area contributed by atoms with Gasteiger partial charge in [0.25, 0.3) is 5.56 Å². The molecule has 0 aliphatic carbocycles. The van der Waals surface area contributed by atoms with E-state index in [4.69, 9.17) is 0 Å². The Kier molecular flexibility index (Phi) is 3.62. The quantitative estimate of drug-likeness (QED) is 0.743. The second kappa shape index (κ2) is 5.56. The van der Waals surface area contributed by atoms with Crippen LogP contribution in [0, 0.1) is 0 Å². The maximum Gasteiger partial charge on any atom is 0.268 e. The van der Waals surface area contributed by atoms with Gasteiger partial charge in [-0.05, 0) is 18.0 Å². The highest BCUT2D eigenvalue weighted by molar-refractivity contribution is 7.17. The summed E-state index contributed by atoms with van der Waals surface area (Å²) in [5.74, 6) is 1.58. The first-order chi connectivity index (χ1) is 9.78. The van der Waals surface area contributed by atoms with Gasteiger partial charge < -0.3 is 14.9 Å². The largest absolute Gasteiger partial charge is 0.326 e. The summed E-state index contributed by atoms with van der Waals surface area (Å²) in [4.78, 5) is 23.5. The molecule has 0 fully saturated rings. The second-order valence-electron chi connectivity index (χ2n) is 4.40. The van der Waals surface area contributed by atoms with Gasteiger partial charge in [-0.2, -0.15) is 0 Å². The van der Waals surface area contributed by atoms with E-state index in [1.165, 1.54) is 11.3 Å². The van der Waals surface area contributed by atoms with Gasteiger partial charge in [0.05, 0.1) is 18.6 Å². The highest BCUT2D eigenvalue weighted by Crippen LogP contribution is 2.14. The zero-order chi connectivity index (χ0) is 13.9. The van der Waals surface area contributed by atoms with Gasteiger partial charge in [0, 0.05) is 12.4 Å². The first-order valence-corrected chi connectivity index (χ1v) is 7.33. The third kappa shape index (κ3) is 2.50. The van der Waals surface area contributed by atoms with Gasteiger partial charge in [-0.15, -0.1) is 11.3 Å². The molecule has 104 valence electrons. The molecule has 0 spiro atoms. The molecule has 0 atom stereocenters. The summed E-state index contributed by atoms with van der Waals surface area (Å²) in [7, 11) is 0. The Morgan fingerprint density at radius 1 is 1.50 bits per heavy atom. The Labute approximate surface area is 119 Å². The monoisotopic (exact) mass is 289 g/mol. The van der Waals surface area contributed by atoms with Gasteiger partial charge in [-0.1, -0.05) is 6.92 Å². The van der Waals surface area contributed by atoms with E-state index in [9.17, 15) is 4.79 Å². The predicted molar refractivity (Wildman–Crippen MR) is 79.0 cm³/mol. The molecule has 0 aromatic carbocycles. The van der Waals surface area contributed by atoms with Crippen LogP contribution in [0.1, 0.15) is 18.6 Å². The zero-order valence-corrected chi connectivity index (χ0v) is 11.9. The predicted octanol–water partition coefficient (Wildman–Crippen LogP) is 1.34. The van der Waals surface area contributed by atoms with Gasteiger partial charge >= 0.3 is 0 Å². The number of imidazole rings is 1. The normalized spacial score (nSPS) is 11.2. The van der Waals surface area contributed by atoms with Crippen LogP contribution in [0.5, 0.6) is 0 Å². The molecule has 3 aromatic rings. The molecule has 6 nitrogen and oxygen atoms in total. The van der Waals surface area contributed by atoms with E-state index in [0.717, 1.165) is 17.9 Å². The Bertz CT molecular complexity index is 772. The summed E-state index contributed by atoms with van der Waals surface area (Å²) in [6.45, 7) is 4.16. The molecule has 0 aliphatic rings. The number of nitrogens with one attached hydrogen (secondary N) is 2. The van der Waals surface area contributed by atoms with E-state index in [2.05, 4.69) is 27.2 Å². The first-order valence-electron chi connectivity index (χ1n) is 6.45. The molecule has 2 N–H and O–H groups in total. The minimum absolute atomic E-state index is 0.0756. The molecule has 0 saturated carbocycles. The third-order valence-electron chi connectivity index (χ3n) is 3.02. The molecule has 3 rings (SSSR count). The number of fused-ring (bicyclic) bond motifs is 1. The van der Waals surface area contributed by atoms with E-state index < -0.39 is 0 Å². The van der Waals surface area contributed by atoms with E-state index in [-0.39, 0.29) is 5.56 Å². The number of H-pyrrole nitrogens is 1. The molecular weight excluding hydrogens is 274 g/mol. The molecule has 3 aromatic heterocycles.